The van der Waals surface area contributed by atoms with Gasteiger partial charge in [-0.1, -0.05) is 15.9 Å². The van der Waals surface area contributed by atoms with Gasteiger partial charge in [-0.2, -0.15) is 0 Å². The number of benzene rings is 2. The highest BCUT2D eigenvalue weighted by Gasteiger charge is 2.14. The van der Waals surface area contributed by atoms with Crippen molar-refractivity contribution in [3.8, 4) is 5.75 Å². The molecule has 1 amide bonds. The molecule has 104 valence electrons. The second-order valence-electron chi connectivity index (χ2n) is 4.21. The first-order valence-electron chi connectivity index (χ1n) is 6.03. The van der Waals surface area contributed by atoms with Gasteiger partial charge in [0, 0.05) is 13.7 Å². The maximum Gasteiger partial charge on any atom is 0.265 e. The maximum atomic E-state index is 12.0. The van der Waals surface area contributed by atoms with Crippen LogP contribution in [0, 0.1) is 3.57 Å². The van der Waals surface area contributed by atoms with Crippen molar-refractivity contribution in [1.82, 2.24) is 0 Å². The number of carbonyl (C=O) groups excluding carboxylic acids is 1. The summed E-state index contributed by atoms with van der Waals surface area (Å²) in [5.41, 5.74) is 0.747. The van der Waals surface area contributed by atoms with Crippen molar-refractivity contribution < 1.29 is 9.53 Å². The lowest BCUT2D eigenvalue weighted by molar-refractivity contribution is -0.122. The van der Waals surface area contributed by atoms with Gasteiger partial charge in [0.25, 0.3) is 5.91 Å². The van der Waals surface area contributed by atoms with Gasteiger partial charge in [-0.25, -0.2) is 0 Å². The zero-order valence-corrected chi connectivity index (χ0v) is 14.5. The van der Waals surface area contributed by atoms with Gasteiger partial charge in [0.15, 0.2) is 6.10 Å². The van der Waals surface area contributed by atoms with Gasteiger partial charge in [-0.3, -0.25) is 4.79 Å². The van der Waals surface area contributed by atoms with Gasteiger partial charge >= 0.3 is 0 Å². The Balaban J connectivity index is 1.94. The van der Waals surface area contributed by atoms with Crippen LogP contribution in [0.4, 0.5) is 5.69 Å². The summed E-state index contributed by atoms with van der Waals surface area (Å²) in [6.45, 7) is 1.73. The fourth-order valence-corrected chi connectivity index (χ4v) is 2.17. The quantitative estimate of drug-likeness (QED) is 0.705. The maximum absolute atomic E-state index is 12.0. The Kier molecular flexibility index (Phi) is 5.42. The molecule has 3 nitrogen and oxygen atoms in total. The van der Waals surface area contributed by atoms with Crippen LogP contribution in [0.3, 0.4) is 0 Å². The highest BCUT2D eigenvalue weighted by atomic mass is 127. The first kappa shape index (κ1) is 15.3. The largest absolute Gasteiger partial charge is 0.481 e. The predicted octanol–water partition coefficient (Wildman–Crippen LogP) is 4.46. The molecule has 0 aliphatic carbocycles. The highest BCUT2D eigenvalue weighted by Crippen LogP contribution is 2.17. The Morgan fingerprint density at radius 3 is 2.35 bits per heavy atom. The lowest BCUT2D eigenvalue weighted by Gasteiger charge is -2.14. The molecule has 2 rings (SSSR count). The van der Waals surface area contributed by atoms with Gasteiger partial charge in [-0.05, 0) is 78.0 Å². The number of anilines is 1. The second kappa shape index (κ2) is 7.08. The van der Waals surface area contributed by atoms with E-state index in [0.29, 0.717) is 5.75 Å². The SMILES string of the molecule is C[C@@H](Oc1ccc(I)cc1)C(=O)Nc1ccc(Br)cc1. The van der Waals surface area contributed by atoms with E-state index in [-0.39, 0.29) is 5.91 Å². The first-order chi connectivity index (χ1) is 9.54. The van der Waals surface area contributed by atoms with Crippen LogP contribution >= 0.6 is 38.5 Å². The second-order valence-corrected chi connectivity index (χ2v) is 6.37. The van der Waals surface area contributed by atoms with Crippen LogP contribution in [-0.2, 0) is 4.79 Å². The van der Waals surface area contributed by atoms with Crippen molar-refractivity contribution in [2.45, 2.75) is 13.0 Å². The molecule has 0 spiro atoms. The van der Waals surface area contributed by atoms with E-state index in [4.69, 9.17) is 4.74 Å². The fraction of sp³-hybridized carbons (Fsp3) is 0.133. The smallest absolute Gasteiger partial charge is 0.265 e. The molecule has 0 aliphatic rings. The zero-order valence-electron chi connectivity index (χ0n) is 10.8. The first-order valence-corrected chi connectivity index (χ1v) is 7.90. The highest BCUT2D eigenvalue weighted by molar-refractivity contribution is 14.1. The molecule has 0 fully saturated rings. The van der Waals surface area contributed by atoms with E-state index in [1.807, 2.05) is 48.5 Å². The van der Waals surface area contributed by atoms with E-state index in [1.165, 1.54) is 0 Å². The van der Waals surface area contributed by atoms with Crippen LogP contribution in [0.2, 0.25) is 0 Å². The molecule has 0 radical (unpaired) electrons. The number of ether oxygens (including phenoxy) is 1. The van der Waals surface area contributed by atoms with Crippen molar-refractivity contribution in [2.75, 3.05) is 5.32 Å². The molecule has 1 N–H and O–H groups in total. The summed E-state index contributed by atoms with van der Waals surface area (Å²) in [6, 6.07) is 15.0. The van der Waals surface area contributed by atoms with Crippen LogP contribution in [0.15, 0.2) is 53.0 Å². The molecule has 0 heterocycles. The molecule has 5 heteroatoms. The fourth-order valence-electron chi connectivity index (χ4n) is 1.55. The number of rotatable bonds is 4. The van der Waals surface area contributed by atoms with E-state index in [9.17, 15) is 4.79 Å². The van der Waals surface area contributed by atoms with Crippen molar-refractivity contribution in [3.63, 3.8) is 0 Å². The van der Waals surface area contributed by atoms with Gasteiger partial charge in [0.1, 0.15) is 5.75 Å². The standard InChI is InChI=1S/C15H13BrINO2/c1-10(20-14-8-4-12(17)5-9-14)15(19)18-13-6-2-11(16)3-7-13/h2-10H,1H3,(H,18,19)/t10-/m1/s1. The third-order valence-corrected chi connectivity index (χ3v) is 3.86. The Morgan fingerprint density at radius 1 is 1.15 bits per heavy atom. The molecule has 20 heavy (non-hydrogen) atoms. The minimum absolute atomic E-state index is 0.175. The molecule has 0 saturated carbocycles. The van der Waals surface area contributed by atoms with Crippen molar-refractivity contribution in [2.24, 2.45) is 0 Å². The summed E-state index contributed by atoms with van der Waals surface area (Å²) in [5.74, 6) is 0.509. The number of amides is 1. The van der Waals surface area contributed by atoms with E-state index >= 15 is 0 Å². The topological polar surface area (TPSA) is 38.3 Å². The lowest BCUT2D eigenvalue weighted by atomic mass is 10.3. The normalized spacial score (nSPS) is 11.8. The number of halogens is 2. The number of hydrogen-bond acceptors (Lipinski definition) is 2. The summed E-state index contributed by atoms with van der Waals surface area (Å²) in [4.78, 5) is 12.0. The third kappa shape index (κ3) is 4.49. The molecule has 0 saturated heterocycles. The average Bonchev–Trinajstić information content (AvgIpc) is 2.44. The molecule has 0 aromatic heterocycles. The lowest BCUT2D eigenvalue weighted by Crippen LogP contribution is -2.30. The molecular weight excluding hydrogens is 433 g/mol. The molecule has 0 bridgehead atoms. The Morgan fingerprint density at radius 2 is 1.75 bits per heavy atom. The van der Waals surface area contributed by atoms with Gasteiger partial charge < -0.3 is 10.1 Å². The van der Waals surface area contributed by atoms with Crippen molar-refractivity contribution in [1.29, 1.82) is 0 Å². The van der Waals surface area contributed by atoms with E-state index in [0.717, 1.165) is 13.7 Å². The zero-order chi connectivity index (χ0) is 14.5. The molecule has 2 aromatic rings. The van der Waals surface area contributed by atoms with Crippen LogP contribution in [-0.4, -0.2) is 12.0 Å². The number of carbonyl (C=O) groups is 1. The summed E-state index contributed by atoms with van der Waals surface area (Å²) in [5, 5.41) is 2.81. The summed E-state index contributed by atoms with van der Waals surface area (Å²) in [6.07, 6.45) is -0.557. The van der Waals surface area contributed by atoms with E-state index < -0.39 is 6.10 Å². The molecule has 2 aromatic carbocycles. The summed E-state index contributed by atoms with van der Waals surface area (Å²) in [7, 11) is 0. The van der Waals surface area contributed by atoms with E-state index in [2.05, 4.69) is 43.8 Å². The van der Waals surface area contributed by atoms with Gasteiger partial charge in [-0.15, -0.1) is 0 Å². The third-order valence-electron chi connectivity index (χ3n) is 2.61. The molecule has 1 atom stereocenters. The van der Waals surface area contributed by atoms with Crippen LogP contribution in [0.25, 0.3) is 0 Å². The number of nitrogens with one attached hydrogen (secondary N) is 1. The van der Waals surface area contributed by atoms with Gasteiger partial charge in [0.05, 0.1) is 0 Å². The molecule has 0 aliphatic heterocycles. The average molecular weight is 446 g/mol. The minimum Gasteiger partial charge on any atom is -0.481 e. The van der Waals surface area contributed by atoms with Crippen LogP contribution in [0.5, 0.6) is 5.75 Å². The van der Waals surface area contributed by atoms with Crippen molar-refractivity contribution >= 4 is 50.1 Å². The van der Waals surface area contributed by atoms with Gasteiger partial charge in [0.2, 0.25) is 0 Å². The van der Waals surface area contributed by atoms with Crippen molar-refractivity contribution in [3.05, 3.63) is 56.6 Å². The number of hydrogen-bond donors (Lipinski definition) is 1. The molecular formula is C15H13BrINO2. The summed E-state index contributed by atoms with van der Waals surface area (Å²) >= 11 is 5.58. The Hall–Kier alpha value is -1.08. The molecule has 0 unspecified atom stereocenters. The minimum atomic E-state index is -0.557. The van der Waals surface area contributed by atoms with E-state index in [1.54, 1.807) is 6.92 Å². The monoisotopic (exact) mass is 445 g/mol. The summed E-state index contributed by atoms with van der Waals surface area (Å²) < 4.78 is 7.70. The Bertz CT molecular complexity index is 584. The van der Waals surface area contributed by atoms with Crippen LogP contribution < -0.4 is 10.1 Å². The van der Waals surface area contributed by atoms with Crippen LogP contribution in [0.1, 0.15) is 6.92 Å². The predicted molar refractivity (Wildman–Crippen MR) is 92.0 cm³/mol. The Labute approximate surface area is 140 Å².